The first-order valence-corrected chi connectivity index (χ1v) is 7.42. The van der Waals surface area contributed by atoms with E-state index < -0.39 is 0 Å². The van der Waals surface area contributed by atoms with E-state index in [9.17, 15) is 0 Å². The van der Waals surface area contributed by atoms with Crippen LogP contribution in [-0.4, -0.2) is 41.1 Å². The van der Waals surface area contributed by atoms with Crippen LogP contribution in [0.25, 0.3) is 0 Å². The topological polar surface area (TPSA) is 33.1 Å². The average Bonchev–Trinajstić information content (AvgIpc) is 2.99. The number of nitrogens with one attached hydrogen (secondary N) is 1. The van der Waals surface area contributed by atoms with Gasteiger partial charge in [0.1, 0.15) is 0 Å². The van der Waals surface area contributed by atoms with Gasteiger partial charge in [-0.25, -0.2) is 4.98 Å². The summed E-state index contributed by atoms with van der Waals surface area (Å²) in [5.74, 6) is 1.76. The summed E-state index contributed by atoms with van der Waals surface area (Å²) in [6.07, 6.45) is 5.96. The van der Waals surface area contributed by atoms with Crippen molar-refractivity contribution < 1.29 is 0 Å². The highest BCUT2D eigenvalue weighted by molar-refractivity contribution is 5.33. The number of hydrogen-bond donors (Lipinski definition) is 1. The molecule has 0 aliphatic heterocycles. The van der Waals surface area contributed by atoms with Crippen molar-refractivity contribution in [1.29, 1.82) is 0 Å². The van der Waals surface area contributed by atoms with Crippen LogP contribution in [0.4, 0.5) is 5.95 Å². The summed E-state index contributed by atoms with van der Waals surface area (Å²) in [5, 5.41) is 3.57. The maximum Gasteiger partial charge on any atom is 0.203 e. The fourth-order valence-corrected chi connectivity index (χ4v) is 2.55. The number of imidazole rings is 1. The Labute approximate surface area is 117 Å². The van der Waals surface area contributed by atoms with Crippen LogP contribution in [0, 0.1) is 12.8 Å². The highest BCUT2D eigenvalue weighted by Gasteiger charge is 2.25. The third-order valence-corrected chi connectivity index (χ3v) is 3.48. The molecule has 1 saturated carbocycles. The second kappa shape index (κ2) is 5.95. The predicted molar refractivity (Wildman–Crippen MR) is 80.7 cm³/mol. The third-order valence-electron chi connectivity index (χ3n) is 3.48. The van der Waals surface area contributed by atoms with E-state index in [0.29, 0.717) is 18.0 Å². The second-order valence-corrected chi connectivity index (χ2v) is 6.58. The zero-order valence-corrected chi connectivity index (χ0v) is 13.0. The monoisotopic (exact) mass is 264 g/mol. The summed E-state index contributed by atoms with van der Waals surface area (Å²) >= 11 is 0. The Morgan fingerprint density at radius 3 is 2.63 bits per heavy atom. The summed E-state index contributed by atoms with van der Waals surface area (Å²) in [6, 6.07) is 1.15. The summed E-state index contributed by atoms with van der Waals surface area (Å²) in [7, 11) is 4.29. The normalized spacial score (nSPS) is 17.2. The van der Waals surface area contributed by atoms with E-state index in [1.165, 1.54) is 19.3 Å². The van der Waals surface area contributed by atoms with Crippen LogP contribution in [0.1, 0.15) is 44.8 Å². The molecule has 1 aromatic rings. The van der Waals surface area contributed by atoms with Crippen molar-refractivity contribution in [3.8, 4) is 0 Å². The predicted octanol–water partition coefficient (Wildman–Crippen LogP) is 2.91. The zero-order chi connectivity index (χ0) is 14.0. The van der Waals surface area contributed by atoms with Crippen LogP contribution >= 0.6 is 0 Å². The average molecular weight is 264 g/mol. The lowest BCUT2D eigenvalue weighted by molar-refractivity contribution is 0.290. The van der Waals surface area contributed by atoms with Crippen molar-refractivity contribution in [2.24, 2.45) is 5.92 Å². The third kappa shape index (κ3) is 4.23. The number of aromatic nitrogens is 2. The molecular weight excluding hydrogens is 236 g/mol. The first-order chi connectivity index (χ1) is 8.95. The summed E-state index contributed by atoms with van der Waals surface area (Å²) in [6.45, 7) is 7.73. The molecular formula is C15H28N4. The maximum absolute atomic E-state index is 4.66. The Balaban J connectivity index is 2.17. The van der Waals surface area contributed by atoms with Crippen LogP contribution in [0.2, 0.25) is 0 Å². The molecule has 4 heteroatoms. The van der Waals surface area contributed by atoms with E-state index in [1.807, 2.05) is 0 Å². The Morgan fingerprint density at radius 2 is 2.11 bits per heavy atom. The first kappa shape index (κ1) is 14.4. The number of hydrogen-bond acceptors (Lipinski definition) is 3. The second-order valence-electron chi connectivity index (χ2n) is 6.58. The minimum absolute atomic E-state index is 0.498. The minimum Gasteiger partial charge on any atom is -0.353 e. The summed E-state index contributed by atoms with van der Waals surface area (Å²) in [5.41, 5.74) is 1.11. The van der Waals surface area contributed by atoms with Crippen molar-refractivity contribution in [3.05, 3.63) is 11.9 Å². The molecule has 1 N–H and O–H groups in total. The van der Waals surface area contributed by atoms with Gasteiger partial charge in [-0.3, -0.25) is 0 Å². The number of rotatable bonds is 7. The Hall–Kier alpha value is -1.03. The number of nitrogens with zero attached hydrogens (tertiary/aromatic N) is 3. The van der Waals surface area contributed by atoms with Gasteiger partial charge in [0, 0.05) is 24.8 Å². The van der Waals surface area contributed by atoms with Crippen LogP contribution < -0.4 is 5.32 Å². The molecule has 0 bridgehead atoms. The lowest BCUT2D eigenvalue weighted by Crippen LogP contribution is -2.26. The quantitative estimate of drug-likeness (QED) is 0.822. The van der Waals surface area contributed by atoms with Crippen LogP contribution in [0.5, 0.6) is 0 Å². The summed E-state index contributed by atoms with van der Waals surface area (Å²) in [4.78, 5) is 6.93. The van der Waals surface area contributed by atoms with E-state index in [-0.39, 0.29) is 0 Å². The molecule has 0 radical (unpaired) electrons. The van der Waals surface area contributed by atoms with Crippen molar-refractivity contribution in [2.45, 2.75) is 52.1 Å². The van der Waals surface area contributed by atoms with Crippen molar-refractivity contribution in [3.63, 3.8) is 0 Å². The van der Waals surface area contributed by atoms with Crippen LogP contribution in [0.15, 0.2) is 6.20 Å². The molecule has 1 fully saturated rings. The Bertz CT molecular complexity index is 394. The van der Waals surface area contributed by atoms with Gasteiger partial charge in [0.05, 0.1) is 5.69 Å². The molecule has 0 amide bonds. The van der Waals surface area contributed by atoms with Gasteiger partial charge in [0.2, 0.25) is 5.95 Å². The van der Waals surface area contributed by atoms with Gasteiger partial charge in [-0.05, 0) is 46.2 Å². The van der Waals surface area contributed by atoms with Crippen molar-refractivity contribution in [2.75, 3.05) is 26.0 Å². The number of likely N-dealkylation sites (N-methyl/N-ethyl adjacent to an activating group) is 1. The minimum atomic E-state index is 0.498. The standard InChI is InChI=1S/C15H28N4/c1-11(2)8-14(10-18(4)5)19-9-12(3)16-15(19)17-13-6-7-13/h9,11,13-14H,6-8,10H2,1-5H3,(H,16,17). The van der Waals surface area contributed by atoms with Gasteiger partial charge in [0.15, 0.2) is 0 Å². The smallest absolute Gasteiger partial charge is 0.203 e. The molecule has 0 spiro atoms. The van der Waals surface area contributed by atoms with Crippen molar-refractivity contribution >= 4 is 5.95 Å². The molecule has 1 unspecified atom stereocenters. The maximum atomic E-state index is 4.66. The molecule has 1 aliphatic rings. The van der Waals surface area contributed by atoms with Crippen LogP contribution in [0.3, 0.4) is 0 Å². The SMILES string of the molecule is Cc1cn(C(CC(C)C)CN(C)C)c(NC2CC2)n1. The largest absolute Gasteiger partial charge is 0.353 e. The fourth-order valence-electron chi connectivity index (χ4n) is 2.55. The van der Waals surface area contributed by atoms with E-state index in [4.69, 9.17) is 0 Å². The lowest BCUT2D eigenvalue weighted by atomic mass is 10.0. The zero-order valence-electron chi connectivity index (χ0n) is 13.0. The van der Waals surface area contributed by atoms with E-state index >= 15 is 0 Å². The molecule has 0 aromatic carbocycles. The lowest BCUT2D eigenvalue weighted by Gasteiger charge is -2.25. The Kier molecular flexibility index (Phi) is 4.50. The molecule has 4 nitrogen and oxygen atoms in total. The molecule has 19 heavy (non-hydrogen) atoms. The molecule has 1 aliphatic carbocycles. The van der Waals surface area contributed by atoms with E-state index in [1.54, 1.807) is 0 Å². The van der Waals surface area contributed by atoms with E-state index in [2.05, 4.69) is 60.8 Å². The molecule has 0 saturated heterocycles. The first-order valence-electron chi connectivity index (χ1n) is 7.42. The van der Waals surface area contributed by atoms with Gasteiger partial charge >= 0.3 is 0 Å². The highest BCUT2D eigenvalue weighted by Crippen LogP contribution is 2.28. The van der Waals surface area contributed by atoms with Gasteiger partial charge in [-0.2, -0.15) is 0 Å². The summed E-state index contributed by atoms with van der Waals surface area (Å²) < 4.78 is 2.35. The van der Waals surface area contributed by atoms with Crippen LogP contribution in [-0.2, 0) is 0 Å². The van der Waals surface area contributed by atoms with Gasteiger partial charge in [-0.15, -0.1) is 0 Å². The van der Waals surface area contributed by atoms with E-state index in [0.717, 1.165) is 18.2 Å². The molecule has 1 aromatic heterocycles. The Morgan fingerprint density at radius 1 is 1.42 bits per heavy atom. The number of anilines is 1. The fraction of sp³-hybridized carbons (Fsp3) is 0.800. The van der Waals surface area contributed by atoms with Gasteiger partial charge in [0.25, 0.3) is 0 Å². The molecule has 1 heterocycles. The van der Waals surface area contributed by atoms with Crippen molar-refractivity contribution in [1.82, 2.24) is 14.5 Å². The van der Waals surface area contributed by atoms with Gasteiger partial charge in [-0.1, -0.05) is 13.8 Å². The molecule has 1 atom stereocenters. The number of aryl methyl sites for hydroxylation is 1. The highest BCUT2D eigenvalue weighted by atomic mass is 15.3. The molecule has 2 rings (SSSR count). The molecule has 108 valence electrons. The van der Waals surface area contributed by atoms with Gasteiger partial charge < -0.3 is 14.8 Å².